The number of hydrogen-bond acceptors (Lipinski definition) is 2. The summed E-state index contributed by atoms with van der Waals surface area (Å²) in [5.41, 5.74) is 7.49. The van der Waals surface area contributed by atoms with Gasteiger partial charge in [-0.25, -0.2) is 0 Å². The SMILES string of the molecule is CC(C)(C)C1CCC(CN)(Nc2ccccc2Cl)CC1. The number of nitrogens with one attached hydrogen (secondary N) is 1. The summed E-state index contributed by atoms with van der Waals surface area (Å²) in [7, 11) is 0. The highest BCUT2D eigenvalue weighted by atomic mass is 35.5. The zero-order valence-electron chi connectivity index (χ0n) is 12.9. The Bertz CT molecular complexity index is 443. The normalized spacial score (nSPS) is 27.4. The van der Waals surface area contributed by atoms with Crippen LogP contribution in [0.5, 0.6) is 0 Å². The first-order valence-corrected chi connectivity index (χ1v) is 7.97. The highest BCUT2D eigenvalue weighted by molar-refractivity contribution is 6.33. The van der Waals surface area contributed by atoms with Crippen molar-refractivity contribution >= 4 is 17.3 Å². The summed E-state index contributed by atoms with van der Waals surface area (Å²) in [5, 5.41) is 4.40. The molecule has 0 bridgehead atoms. The lowest BCUT2D eigenvalue weighted by Crippen LogP contribution is -2.49. The van der Waals surface area contributed by atoms with E-state index in [0.717, 1.165) is 29.5 Å². The van der Waals surface area contributed by atoms with Crippen molar-refractivity contribution in [2.45, 2.75) is 52.0 Å². The summed E-state index contributed by atoms with van der Waals surface area (Å²) in [6, 6.07) is 7.93. The second kappa shape index (κ2) is 5.95. The molecule has 0 saturated heterocycles. The number of rotatable bonds is 3. The number of halogens is 1. The lowest BCUT2D eigenvalue weighted by Gasteiger charge is -2.44. The number of para-hydroxylation sites is 1. The van der Waals surface area contributed by atoms with Gasteiger partial charge < -0.3 is 11.1 Å². The third-order valence-corrected chi connectivity index (χ3v) is 5.16. The lowest BCUT2D eigenvalue weighted by atomic mass is 9.67. The highest BCUT2D eigenvalue weighted by Gasteiger charge is 2.38. The van der Waals surface area contributed by atoms with Crippen molar-refractivity contribution in [3.05, 3.63) is 29.3 Å². The Morgan fingerprint density at radius 1 is 1.25 bits per heavy atom. The van der Waals surface area contributed by atoms with E-state index in [2.05, 4.69) is 26.1 Å². The van der Waals surface area contributed by atoms with Crippen LogP contribution in [0, 0.1) is 11.3 Å². The minimum absolute atomic E-state index is 0.00669. The van der Waals surface area contributed by atoms with Gasteiger partial charge in [0.25, 0.3) is 0 Å². The van der Waals surface area contributed by atoms with Crippen LogP contribution in [0.3, 0.4) is 0 Å². The van der Waals surface area contributed by atoms with Gasteiger partial charge in [-0.1, -0.05) is 44.5 Å². The zero-order chi connectivity index (χ0) is 14.8. The Labute approximate surface area is 128 Å². The number of anilines is 1. The van der Waals surface area contributed by atoms with Gasteiger partial charge in [-0.3, -0.25) is 0 Å². The van der Waals surface area contributed by atoms with Crippen LogP contribution in [0.25, 0.3) is 0 Å². The van der Waals surface area contributed by atoms with Gasteiger partial charge in [0.2, 0.25) is 0 Å². The molecule has 1 saturated carbocycles. The minimum Gasteiger partial charge on any atom is -0.377 e. The maximum Gasteiger partial charge on any atom is 0.0637 e. The number of nitrogens with two attached hydrogens (primary N) is 1. The van der Waals surface area contributed by atoms with Gasteiger partial charge >= 0.3 is 0 Å². The minimum atomic E-state index is 0.00669. The molecular weight excluding hydrogens is 268 g/mol. The topological polar surface area (TPSA) is 38.0 Å². The van der Waals surface area contributed by atoms with E-state index in [-0.39, 0.29) is 5.54 Å². The van der Waals surface area contributed by atoms with E-state index in [0.29, 0.717) is 12.0 Å². The molecule has 0 unspecified atom stereocenters. The van der Waals surface area contributed by atoms with Crippen molar-refractivity contribution in [3.63, 3.8) is 0 Å². The Kier molecular flexibility index (Phi) is 4.66. The maximum atomic E-state index is 6.26. The molecule has 1 aromatic carbocycles. The summed E-state index contributed by atoms with van der Waals surface area (Å²) >= 11 is 6.26. The van der Waals surface area contributed by atoms with Crippen LogP contribution in [-0.2, 0) is 0 Å². The van der Waals surface area contributed by atoms with Gasteiger partial charge in [-0.2, -0.15) is 0 Å². The molecule has 3 N–H and O–H groups in total. The van der Waals surface area contributed by atoms with Gasteiger partial charge in [-0.15, -0.1) is 0 Å². The Hall–Kier alpha value is -0.730. The van der Waals surface area contributed by atoms with Crippen LogP contribution in [0.4, 0.5) is 5.69 Å². The van der Waals surface area contributed by atoms with Gasteiger partial charge in [0.15, 0.2) is 0 Å². The van der Waals surface area contributed by atoms with Crippen molar-refractivity contribution in [1.82, 2.24) is 0 Å². The van der Waals surface area contributed by atoms with E-state index >= 15 is 0 Å². The molecule has 0 radical (unpaired) electrons. The first-order valence-electron chi connectivity index (χ1n) is 7.59. The molecule has 2 nitrogen and oxygen atoms in total. The average Bonchev–Trinajstić information content (AvgIpc) is 2.41. The third kappa shape index (κ3) is 3.48. The van der Waals surface area contributed by atoms with Crippen LogP contribution >= 0.6 is 11.6 Å². The van der Waals surface area contributed by atoms with Gasteiger partial charge in [0.05, 0.1) is 10.7 Å². The second-order valence-electron chi connectivity index (χ2n) is 7.23. The van der Waals surface area contributed by atoms with Crippen molar-refractivity contribution in [2.24, 2.45) is 17.1 Å². The molecule has 20 heavy (non-hydrogen) atoms. The fourth-order valence-electron chi connectivity index (χ4n) is 3.26. The Morgan fingerprint density at radius 2 is 1.85 bits per heavy atom. The standard InChI is InChI=1S/C17H27ClN2/c1-16(2,3)13-8-10-17(12-19,11-9-13)20-15-7-5-4-6-14(15)18/h4-7,13,20H,8-12,19H2,1-3H3. The predicted molar refractivity (Wildman–Crippen MR) is 88.3 cm³/mol. The summed E-state index contributed by atoms with van der Waals surface area (Å²) in [5.74, 6) is 0.787. The molecule has 2 rings (SSSR count). The van der Waals surface area contributed by atoms with Crippen molar-refractivity contribution in [2.75, 3.05) is 11.9 Å². The number of benzene rings is 1. The van der Waals surface area contributed by atoms with E-state index in [4.69, 9.17) is 17.3 Å². The summed E-state index contributed by atoms with van der Waals surface area (Å²) < 4.78 is 0. The molecule has 3 heteroatoms. The molecule has 0 heterocycles. The van der Waals surface area contributed by atoms with E-state index < -0.39 is 0 Å². The molecule has 1 fully saturated rings. The van der Waals surface area contributed by atoms with Crippen LogP contribution in [0.2, 0.25) is 5.02 Å². The Morgan fingerprint density at radius 3 is 2.35 bits per heavy atom. The van der Waals surface area contributed by atoms with E-state index in [9.17, 15) is 0 Å². The monoisotopic (exact) mass is 294 g/mol. The molecular formula is C17H27ClN2. The van der Waals surface area contributed by atoms with Gasteiger partial charge in [-0.05, 0) is 49.1 Å². The van der Waals surface area contributed by atoms with Gasteiger partial charge in [0, 0.05) is 12.1 Å². The van der Waals surface area contributed by atoms with Crippen LogP contribution < -0.4 is 11.1 Å². The molecule has 0 aliphatic heterocycles. The maximum absolute atomic E-state index is 6.26. The van der Waals surface area contributed by atoms with E-state index in [1.807, 2.05) is 24.3 Å². The second-order valence-corrected chi connectivity index (χ2v) is 7.64. The van der Waals surface area contributed by atoms with Crippen LogP contribution in [0.1, 0.15) is 46.5 Å². The number of hydrogen-bond donors (Lipinski definition) is 2. The first kappa shape index (κ1) is 15.7. The van der Waals surface area contributed by atoms with Crippen LogP contribution in [-0.4, -0.2) is 12.1 Å². The van der Waals surface area contributed by atoms with E-state index in [1.54, 1.807) is 0 Å². The third-order valence-electron chi connectivity index (χ3n) is 4.83. The Balaban J connectivity index is 2.08. The fraction of sp³-hybridized carbons (Fsp3) is 0.647. The molecule has 0 aromatic heterocycles. The largest absolute Gasteiger partial charge is 0.377 e. The molecule has 0 spiro atoms. The highest BCUT2D eigenvalue weighted by Crippen LogP contribution is 2.42. The smallest absolute Gasteiger partial charge is 0.0637 e. The molecule has 1 aliphatic carbocycles. The first-order chi connectivity index (χ1) is 9.36. The molecule has 0 amide bonds. The fourth-order valence-corrected chi connectivity index (χ4v) is 3.45. The summed E-state index contributed by atoms with van der Waals surface area (Å²) in [6.45, 7) is 7.69. The van der Waals surface area contributed by atoms with Crippen molar-refractivity contribution in [1.29, 1.82) is 0 Å². The van der Waals surface area contributed by atoms with Crippen molar-refractivity contribution in [3.8, 4) is 0 Å². The van der Waals surface area contributed by atoms with E-state index in [1.165, 1.54) is 12.8 Å². The molecule has 1 aliphatic rings. The predicted octanol–water partition coefficient (Wildman–Crippen LogP) is 4.69. The van der Waals surface area contributed by atoms with Crippen molar-refractivity contribution < 1.29 is 0 Å². The summed E-state index contributed by atoms with van der Waals surface area (Å²) in [6.07, 6.45) is 4.71. The molecule has 0 atom stereocenters. The lowest BCUT2D eigenvalue weighted by molar-refractivity contribution is 0.145. The molecule has 1 aromatic rings. The van der Waals surface area contributed by atoms with Gasteiger partial charge in [0.1, 0.15) is 0 Å². The quantitative estimate of drug-likeness (QED) is 0.849. The average molecular weight is 295 g/mol. The van der Waals surface area contributed by atoms with Crippen LogP contribution in [0.15, 0.2) is 24.3 Å². The summed E-state index contributed by atoms with van der Waals surface area (Å²) in [4.78, 5) is 0. The molecule has 112 valence electrons. The zero-order valence-corrected chi connectivity index (χ0v) is 13.6.